The van der Waals surface area contributed by atoms with Crippen molar-refractivity contribution in [3.05, 3.63) is 29.8 Å². The minimum atomic E-state index is -0.188. The predicted octanol–water partition coefficient (Wildman–Crippen LogP) is 2.28. The van der Waals surface area contributed by atoms with Gasteiger partial charge in [0.25, 0.3) is 0 Å². The molecule has 0 amide bonds. The van der Waals surface area contributed by atoms with E-state index >= 15 is 0 Å². The van der Waals surface area contributed by atoms with E-state index in [0.29, 0.717) is 6.04 Å². The average molecular weight is 233 g/mol. The van der Waals surface area contributed by atoms with Crippen LogP contribution >= 0.6 is 0 Å². The second-order valence-corrected chi connectivity index (χ2v) is 5.40. The predicted molar refractivity (Wildman–Crippen MR) is 66.2 cm³/mol. The highest BCUT2D eigenvalue weighted by Crippen LogP contribution is 2.43. The van der Waals surface area contributed by atoms with Gasteiger partial charge >= 0.3 is 0 Å². The fourth-order valence-corrected chi connectivity index (χ4v) is 2.72. The molecule has 1 N–H and O–H groups in total. The minimum absolute atomic E-state index is 0.188. The molecule has 1 fully saturated rings. The summed E-state index contributed by atoms with van der Waals surface area (Å²) < 4.78 is 11.4. The van der Waals surface area contributed by atoms with Crippen LogP contribution in [0, 0.1) is 0 Å². The second-order valence-electron chi connectivity index (χ2n) is 5.40. The Morgan fingerprint density at radius 2 is 2.12 bits per heavy atom. The van der Waals surface area contributed by atoms with Crippen molar-refractivity contribution in [2.45, 2.75) is 38.0 Å². The first-order valence-electron chi connectivity index (χ1n) is 6.28. The zero-order chi connectivity index (χ0) is 11.9. The highest BCUT2D eigenvalue weighted by atomic mass is 16.5. The molecule has 2 atom stereocenters. The summed E-state index contributed by atoms with van der Waals surface area (Å²) in [5.41, 5.74) is 1.08. The van der Waals surface area contributed by atoms with Crippen LogP contribution in [0.3, 0.4) is 0 Å². The molecule has 0 aromatic heterocycles. The van der Waals surface area contributed by atoms with Crippen molar-refractivity contribution in [2.75, 3.05) is 13.2 Å². The van der Waals surface area contributed by atoms with Gasteiger partial charge in [-0.05, 0) is 26.3 Å². The molecule has 3 heteroatoms. The van der Waals surface area contributed by atoms with Crippen LogP contribution in [-0.2, 0) is 4.74 Å². The van der Waals surface area contributed by atoms with E-state index in [1.165, 1.54) is 5.56 Å². The van der Waals surface area contributed by atoms with Gasteiger partial charge in [-0.1, -0.05) is 18.2 Å². The Labute approximate surface area is 102 Å². The summed E-state index contributed by atoms with van der Waals surface area (Å²) in [6.45, 7) is 5.96. The van der Waals surface area contributed by atoms with Crippen molar-refractivity contribution in [1.82, 2.24) is 5.32 Å². The third-order valence-corrected chi connectivity index (χ3v) is 3.63. The highest BCUT2D eigenvalue weighted by Gasteiger charge is 2.42. The van der Waals surface area contributed by atoms with E-state index in [0.717, 1.165) is 25.4 Å². The van der Waals surface area contributed by atoms with Crippen molar-refractivity contribution in [3.8, 4) is 5.75 Å². The lowest BCUT2D eigenvalue weighted by Gasteiger charge is -2.29. The largest absolute Gasteiger partial charge is 0.486 e. The van der Waals surface area contributed by atoms with Gasteiger partial charge in [-0.25, -0.2) is 0 Å². The van der Waals surface area contributed by atoms with Crippen molar-refractivity contribution < 1.29 is 9.47 Å². The summed E-state index contributed by atoms with van der Waals surface area (Å²) in [6.07, 6.45) is 1.09. The summed E-state index contributed by atoms with van der Waals surface area (Å²) in [7, 11) is 0. The number of para-hydroxylation sites is 1. The summed E-state index contributed by atoms with van der Waals surface area (Å²) in [5, 5.41) is 3.67. The maximum Gasteiger partial charge on any atom is 0.125 e. The molecule has 1 aromatic rings. The lowest BCUT2D eigenvalue weighted by Crippen LogP contribution is -2.44. The van der Waals surface area contributed by atoms with E-state index in [1.807, 2.05) is 12.1 Å². The number of hydrogen-bond acceptors (Lipinski definition) is 3. The molecule has 0 aliphatic carbocycles. The Morgan fingerprint density at radius 3 is 2.88 bits per heavy atom. The quantitative estimate of drug-likeness (QED) is 0.850. The lowest BCUT2D eigenvalue weighted by atomic mass is 9.93. The molecule has 0 spiro atoms. The third-order valence-electron chi connectivity index (χ3n) is 3.63. The first-order valence-corrected chi connectivity index (χ1v) is 6.28. The fourth-order valence-electron chi connectivity index (χ4n) is 2.72. The van der Waals surface area contributed by atoms with E-state index in [4.69, 9.17) is 9.47 Å². The molecule has 92 valence electrons. The van der Waals surface area contributed by atoms with Gasteiger partial charge < -0.3 is 14.8 Å². The van der Waals surface area contributed by atoms with Gasteiger partial charge in [-0.15, -0.1) is 0 Å². The molecular weight excluding hydrogens is 214 g/mol. The van der Waals surface area contributed by atoms with Crippen molar-refractivity contribution in [1.29, 1.82) is 0 Å². The summed E-state index contributed by atoms with van der Waals surface area (Å²) in [4.78, 5) is 0. The molecule has 1 aromatic carbocycles. The molecule has 2 heterocycles. The second kappa shape index (κ2) is 4.00. The fraction of sp³-hybridized carbons (Fsp3) is 0.571. The van der Waals surface area contributed by atoms with Gasteiger partial charge in [-0.3, -0.25) is 0 Å². The minimum Gasteiger partial charge on any atom is -0.486 e. The Morgan fingerprint density at radius 1 is 1.29 bits per heavy atom. The maximum atomic E-state index is 6.01. The van der Waals surface area contributed by atoms with E-state index in [2.05, 4.69) is 31.3 Å². The monoisotopic (exact) mass is 233 g/mol. The first kappa shape index (κ1) is 11.1. The summed E-state index contributed by atoms with van der Waals surface area (Å²) >= 11 is 0. The van der Waals surface area contributed by atoms with Gasteiger partial charge in [0.2, 0.25) is 0 Å². The molecule has 3 nitrogen and oxygen atoms in total. The summed E-state index contributed by atoms with van der Waals surface area (Å²) in [5.74, 6) is 1.01. The Hall–Kier alpha value is -1.06. The van der Waals surface area contributed by atoms with Crippen LogP contribution in [0.1, 0.15) is 31.9 Å². The van der Waals surface area contributed by atoms with Gasteiger partial charge in [-0.2, -0.15) is 0 Å². The van der Waals surface area contributed by atoms with Crippen LogP contribution in [0.4, 0.5) is 0 Å². The molecule has 17 heavy (non-hydrogen) atoms. The van der Waals surface area contributed by atoms with E-state index < -0.39 is 0 Å². The van der Waals surface area contributed by atoms with Gasteiger partial charge in [0.15, 0.2) is 0 Å². The number of benzene rings is 1. The van der Waals surface area contributed by atoms with Crippen LogP contribution in [0.5, 0.6) is 5.75 Å². The Balaban J connectivity index is 1.85. The van der Waals surface area contributed by atoms with Crippen LogP contribution in [-0.4, -0.2) is 24.9 Å². The zero-order valence-corrected chi connectivity index (χ0v) is 10.4. The smallest absolute Gasteiger partial charge is 0.125 e. The number of nitrogens with one attached hydrogen (secondary N) is 1. The van der Waals surface area contributed by atoms with E-state index in [9.17, 15) is 0 Å². The molecule has 0 bridgehead atoms. The zero-order valence-electron chi connectivity index (χ0n) is 10.4. The molecular formula is C14H19NO2. The van der Waals surface area contributed by atoms with E-state index in [1.54, 1.807) is 0 Å². The van der Waals surface area contributed by atoms with Crippen LogP contribution in [0.15, 0.2) is 24.3 Å². The third kappa shape index (κ3) is 1.94. The number of rotatable bonds is 2. The summed E-state index contributed by atoms with van der Waals surface area (Å²) in [6, 6.07) is 9.00. The number of ether oxygens (including phenoxy) is 2. The molecule has 3 rings (SSSR count). The van der Waals surface area contributed by atoms with Crippen LogP contribution < -0.4 is 10.1 Å². The lowest BCUT2D eigenvalue weighted by molar-refractivity contribution is 0.0889. The van der Waals surface area contributed by atoms with E-state index in [-0.39, 0.29) is 11.6 Å². The van der Waals surface area contributed by atoms with Crippen molar-refractivity contribution in [2.24, 2.45) is 0 Å². The first-order chi connectivity index (χ1) is 8.17. The van der Waals surface area contributed by atoms with Gasteiger partial charge in [0.05, 0.1) is 12.6 Å². The Kier molecular flexibility index (Phi) is 2.60. The molecule has 0 radical (unpaired) electrons. The highest BCUT2D eigenvalue weighted by molar-refractivity contribution is 5.42. The normalized spacial score (nSPS) is 30.0. The molecule has 2 aliphatic heterocycles. The van der Waals surface area contributed by atoms with Crippen LogP contribution in [0.2, 0.25) is 0 Å². The number of fused-ring (bicyclic) bond motifs is 1. The van der Waals surface area contributed by atoms with Gasteiger partial charge in [0, 0.05) is 18.2 Å². The maximum absolute atomic E-state index is 6.01. The van der Waals surface area contributed by atoms with Crippen molar-refractivity contribution >= 4 is 0 Å². The SMILES string of the molecule is CC1(C)Oc2ccccc2C1NC1CCOC1. The number of hydrogen-bond donors (Lipinski definition) is 1. The average Bonchev–Trinajstić information content (AvgIpc) is 2.86. The molecule has 0 saturated carbocycles. The topological polar surface area (TPSA) is 30.5 Å². The molecule has 2 aliphatic rings. The van der Waals surface area contributed by atoms with Crippen LogP contribution in [0.25, 0.3) is 0 Å². The van der Waals surface area contributed by atoms with Crippen molar-refractivity contribution in [3.63, 3.8) is 0 Å². The van der Waals surface area contributed by atoms with Gasteiger partial charge in [0.1, 0.15) is 11.4 Å². The molecule has 1 saturated heterocycles. The molecule has 2 unspecified atom stereocenters. The Bertz CT molecular complexity index is 410. The standard InChI is InChI=1S/C14H19NO2/c1-14(2)13(15-10-7-8-16-9-10)11-5-3-4-6-12(11)17-14/h3-6,10,13,15H,7-9H2,1-2H3.